The largest absolute Gasteiger partial charge is 0.481 e. The van der Waals surface area contributed by atoms with Crippen LogP contribution < -0.4 is 4.74 Å². The molecule has 0 radical (unpaired) electrons. The number of nitro benzene ring substituents is 1. The van der Waals surface area contributed by atoms with Crippen LogP contribution in [0.5, 0.6) is 5.75 Å². The lowest BCUT2D eigenvalue weighted by Crippen LogP contribution is -2.30. The Hall–Kier alpha value is -2.32. The van der Waals surface area contributed by atoms with Gasteiger partial charge in [0.05, 0.1) is 4.92 Å². The molecule has 0 atom stereocenters. The fourth-order valence-electron chi connectivity index (χ4n) is 1.09. The molecule has 0 spiro atoms. The molecule has 1 amide bonds. The van der Waals surface area contributed by atoms with Crippen molar-refractivity contribution in [1.82, 2.24) is 4.90 Å². The molecule has 0 heterocycles. The Morgan fingerprint density at radius 3 is 2.58 bits per heavy atom. The molecule has 0 bridgehead atoms. The lowest BCUT2D eigenvalue weighted by atomic mass is 10.3. The molecule has 1 rings (SSSR count). The van der Waals surface area contributed by atoms with Gasteiger partial charge in [-0.15, -0.1) is 0 Å². The number of hydrogen-bond acceptors (Lipinski definition) is 4. The highest BCUT2D eigenvalue weighted by atomic mass is 19.2. The van der Waals surface area contributed by atoms with Gasteiger partial charge < -0.3 is 9.64 Å². The molecule has 0 saturated carbocycles. The smallest absolute Gasteiger partial charge is 0.308 e. The lowest BCUT2D eigenvalue weighted by Gasteiger charge is -2.13. The first-order valence-electron chi connectivity index (χ1n) is 4.93. The molecule has 0 unspecified atom stereocenters. The second-order valence-corrected chi connectivity index (χ2v) is 3.47. The third-order valence-corrected chi connectivity index (χ3v) is 2.18. The van der Waals surface area contributed by atoms with E-state index < -0.39 is 47.3 Å². The predicted octanol–water partition coefficient (Wildman–Crippen LogP) is 1.64. The summed E-state index contributed by atoms with van der Waals surface area (Å²) in [5, 5.41) is 10.3. The van der Waals surface area contributed by atoms with Gasteiger partial charge in [-0.3, -0.25) is 14.9 Å². The minimum atomic E-state index is -1.69. The van der Waals surface area contributed by atoms with Crippen LogP contribution in [0.2, 0.25) is 0 Å². The highest BCUT2D eigenvalue weighted by Crippen LogP contribution is 2.27. The molecule has 0 fully saturated rings. The maximum absolute atomic E-state index is 13.4. The minimum absolute atomic E-state index is 0.663. The van der Waals surface area contributed by atoms with Crippen molar-refractivity contribution >= 4 is 11.6 Å². The Bertz CT molecular complexity index is 510. The number of alkyl halides is 1. The molecule has 0 aliphatic carbocycles. The number of hydrogen-bond donors (Lipinski definition) is 0. The predicted molar refractivity (Wildman–Crippen MR) is 57.3 cm³/mol. The average Bonchev–Trinajstić information content (AvgIpc) is 2.38. The van der Waals surface area contributed by atoms with Crippen LogP contribution in [-0.4, -0.2) is 36.2 Å². The number of halogens is 3. The first-order valence-corrected chi connectivity index (χ1v) is 4.93. The molecular weight excluding hydrogens is 269 g/mol. The topological polar surface area (TPSA) is 72.7 Å². The van der Waals surface area contributed by atoms with E-state index >= 15 is 0 Å². The molecule has 1 aromatic rings. The van der Waals surface area contributed by atoms with Gasteiger partial charge in [-0.25, -0.2) is 4.39 Å². The van der Waals surface area contributed by atoms with Gasteiger partial charge in [-0.05, 0) is 6.07 Å². The van der Waals surface area contributed by atoms with Gasteiger partial charge in [0.1, 0.15) is 0 Å². The maximum Gasteiger partial charge on any atom is 0.308 e. The lowest BCUT2D eigenvalue weighted by molar-refractivity contribution is -0.387. The molecule has 0 aromatic heterocycles. The molecule has 19 heavy (non-hydrogen) atoms. The van der Waals surface area contributed by atoms with Crippen molar-refractivity contribution in [2.24, 2.45) is 0 Å². The summed E-state index contributed by atoms with van der Waals surface area (Å²) in [5.41, 5.74) is -1.04. The molecular formula is C10H9F3N2O4. The fraction of sp³-hybridized carbons (Fsp3) is 0.300. The van der Waals surface area contributed by atoms with Crippen LogP contribution in [0.4, 0.5) is 18.9 Å². The zero-order valence-electron chi connectivity index (χ0n) is 9.73. The van der Waals surface area contributed by atoms with Crippen molar-refractivity contribution in [2.45, 2.75) is 0 Å². The summed E-state index contributed by atoms with van der Waals surface area (Å²) in [4.78, 5) is 21.1. The van der Waals surface area contributed by atoms with E-state index in [4.69, 9.17) is 0 Å². The van der Waals surface area contributed by atoms with E-state index in [9.17, 15) is 28.1 Å². The van der Waals surface area contributed by atoms with Crippen molar-refractivity contribution in [2.75, 3.05) is 20.5 Å². The van der Waals surface area contributed by atoms with Gasteiger partial charge in [0.2, 0.25) is 11.6 Å². The Morgan fingerprint density at radius 1 is 1.42 bits per heavy atom. The summed E-state index contributed by atoms with van der Waals surface area (Å²) in [6.07, 6.45) is 0. The quantitative estimate of drug-likeness (QED) is 0.466. The van der Waals surface area contributed by atoms with Crippen LogP contribution in [-0.2, 0) is 4.79 Å². The summed E-state index contributed by atoms with van der Waals surface area (Å²) in [5.74, 6) is -4.72. The van der Waals surface area contributed by atoms with Crippen LogP contribution in [0.15, 0.2) is 12.1 Å². The number of carbonyl (C=O) groups excluding carboxylic acids is 1. The van der Waals surface area contributed by atoms with Crippen LogP contribution >= 0.6 is 0 Å². The number of benzene rings is 1. The van der Waals surface area contributed by atoms with E-state index in [1.165, 1.54) is 0 Å². The van der Waals surface area contributed by atoms with E-state index in [1.54, 1.807) is 0 Å². The van der Waals surface area contributed by atoms with Crippen molar-refractivity contribution in [1.29, 1.82) is 0 Å². The second kappa shape index (κ2) is 6.03. The van der Waals surface area contributed by atoms with Crippen molar-refractivity contribution in [3.8, 4) is 5.75 Å². The second-order valence-electron chi connectivity index (χ2n) is 3.47. The van der Waals surface area contributed by atoms with E-state index in [0.717, 1.165) is 13.1 Å². The van der Waals surface area contributed by atoms with Crippen molar-refractivity contribution < 1.29 is 27.6 Å². The first-order chi connectivity index (χ1) is 8.88. The number of likely N-dealkylation sites (N-methyl/N-ethyl adjacent to an activating group) is 1. The summed E-state index contributed by atoms with van der Waals surface area (Å²) in [6.45, 7) is -1.77. The molecule has 0 aliphatic rings. The summed E-state index contributed by atoms with van der Waals surface area (Å²) >= 11 is 0. The highest BCUT2D eigenvalue weighted by Gasteiger charge is 2.22. The van der Waals surface area contributed by atoms with E-state index in [1.807, 2.05) is 0 Å². The summed E-state index contributed by atoms with van der Waals surface area (Å²) in [6, 6.07) is 1.52. The van der Waals surface area contributed by atoms with Crippen LogP contribution in [0, 0.1) is 21.7 Å². The zero-order chi connectivity index (χ0) is 14.6. The molecule has 9 heteroatoms. The van der Waals surface area contributed by atoms with Gasteiger partial charge in [-0.1, -0.05) is 0 Å². The Balaban J connectivity index is 2.84. The van der Waals surface area contributed by atoms with Gasteiger partial charge in [0.15, 0.2) is 19.2 Å². The minimum Gasteiger partial charge on any atom is -0.481 e. The van der Waals surface area contributed by atoms with E-state index in [-0.39, 0.29) is 0 Å². The van der Waals surface area contributed by atoms with Gasteiger partial charge in [0, 0.05) is 13.1 Å². The molecule has 0 aliphatic heterocycles. The first kappa shape index (κ1) is 14.7. The van der Waals surface area contributed by atoms with Crippen LogP contribution in [0.1, 0.15) is 0 Å². The maximum atomic E-state index is 13.4. The van der Waals surface area contributed by atoms with Crippen LogP contribution in [0.3, 0.4) is 0 Å². The average molecular weight is 278 g/mol. The summed E-state index contributed by atoms with van der Waals surface area (Å²) < 4.78 is 43.3. The highest BCUT2D eigenvalue weighted by molar-refractivity contribution is 5.77. The number of rotatable bonds is 5. The third-order valence-electron chi connectivity index (χ3n) is 2.18. The monoisotopic (exact) mass is 278 g/mol. The number of nitrogens with zero attached hydrogens (tertiary/aromatic N) is 2. The zero-order valence-corrected chi connectivity index (χ0v) is 9.73. The van der Waals surface area contributed by atoms with Crippen LogP contribution in [0.25, 0.3) is 0 Å². The van der Waals surface area contributed by atoms with Gasteiger partial charge >= 0.3 is 5.69 Å². The molecule has 104 valence electrons. The van der Waals surface area contributed by atoms with Crippen molar-refractivity contribution in [3.05, 3.63) is 33.9 Å². The summed E-state index contributed by atoms with van der Waals surface area (Å²) in [7, 11) is 1.15. The van der Waals surface area contributed by atoms with E-state index in [2.05, 4.69) is 4.74 Å². The number of amides is 1. The fourth-order valence-corrected chi connectivity index (χ4v) is 1.09. The Kier molecular flexibility index (Phi) is 4.67. The Labute approximate surface area is 105 Å². The standard InChI is InChI=1S/C10H9F3N2O4/c1-14(5-11)8(16)4-19-7-3-2-6(15(17)18)9(12)10(7)13/h2-3H,4-5H2,1H3. The van der Waals surface area contributed by atoms with Gasteiger partial charge in [-0.2, -0.15) is 8.78 Å². The molecule has 0 N–H and O–H groups in total. The van der Waals surface area contributed by atoms with Gasteiger partial charge in [0.25, 0.3) is 5.91 Å². The third kappa shape index (κ3) is 3.33. The molecule has 0 saturated heterocycles. The SMILES string of the molecule is CN(CF)C(=O)COc1ccc([N+](=O)[O-])c(F)c1F. The molecule has 6 nitrogen and oxygen atoms in total. The molecule has 1 aromatic carbocycles. The normalized spacial score (nSPS) is 10.1. The van der Waals surface area contributed by atoms with Crippen molar-refractivity contribution in [3.63, 3.8) is 0 Å². The number of ether oxygens (including phenoxy) is 1. The number of nitro groups is 1. The Morgan fingerprint density at radius 2 is 2.05 bits per heavy atom. The van der Waals surface area contributed by atoms with E-state index in [0.29, 0.717) is 11.0 Å². The number of carbonyl (C=O) groups is 1.